The molecule has 0 radical (unpaired) electrons. The minimum atomic E-state index is -3.54. The van der Waals surface area contributed by atoms with Crippen molar-refractivity contribution in [1.82, 2.24) is 15.0 Å². The second kappa shape index (κ2) is 8.96. The van der Waals surface area contributed by atoms with E-state index in [1.165, 1.54) is 18.6 Å². The van der Waals surface area contributed by atoms with E-state index in [-0.39, 0.29) is 17.0 Å². The zero-order valence-electron chi connectivity index (χ0n) is 15.0. The first-order valence-electron chi connectivity index (χ1n) is 9.09. The maximum atomic E-state index is 12.5. The van der Waals surface area contributed by atoms with Gasteiger partial charge in [-0.1, -0.05) is 19.3 Å². The Morgan fingerprint density at radius 3 is 2.33 bits per heavy atom. The Morgan fingerprint density at radius 2 is 1.67 bits per heavy atom. The molecule has 2 aromatic rings. The Labute approximate surface area is 159 Å². The number of hydrogen-bond donors (Lipinski definition) is 3. The molecule has 1 aliphatic carbocycles. The highest BCUT2D eigenvalue weighted by Gasteiger charge is 2.21. The summed E-state index contributed by atoms with van der Waals surface area (Å²) >= 11 is 0. The fourth-order valence-electron chi connectivity index (χ4n) is 3.08. The number of amides is 2. The van der Waals surface area contributed by atoms with Crippen LogP contribution in [-0.2, 0) is 16.6 Å². The summed E-state index contributed by atoms with van der Waals surface area (Å²) in [6, 6.07) is 9.47. The third-order valence-corrected chi connectivity index (χ3v) is 6.09. The first-order chi connectivity index (χ1) is 13.0. The molecule has 0 spiro atoms. The number of anilines is 1. The molecule has 27 heavy (non-hydrogen) atoms. The van der Waals surface area contributed by atoms with Gasteiger partial charge >= 0.3 is 6.03 Å². The van der Waals surface area contributed by atoms with Crippen molar-refractivity contribution >= 4 is 21.7 Å². The van der Waals surface area contributed by atoms with Gasteiger partial charge in [-0.3, -0.25) is 4.98 Å². The van der Waals surface area contributed by atoms with Crippen molar-refractivity contribution in [1.29, 1.82) is 0 Å². The van der Waals surface area contributed by atoms with Crippen LogP contribution in [0.5, 0.6) is 0 Å². The molecule has 0 aliphatic heterocycles. The van der Waals surface area contributed by atoms with Crippen LogP contribution < -0.4 is 15.4 Å². The lowest BCUT2D eigenvalue weighted by molar-refractivity contribution is 0.251. The van der Waals surface area contributed by atoms with Crippen LogP contribution in [-0.4, -0.2) is 25.5 Å². The molecule has 1 aromatic heterocycles. The molecule has 0 atom stereocenters. The van der Waals surface area contributed by atoms with Gasteiger partial charge in [0, 0.05) is 30.7 Å². The maximum absolute atomic E-state index is 12.5. The summed E-state index contributed by atoms with van der Waals surface area (Å²) in [6.45, 7) is 0.381. The highest BCUT2D eigenvalue weighted by Crippen LogP contribution is 2.20. The summed E-state index contributed by atoms with van der Waals surface area (Å²) in [5.74, 6) is 0. The van der Waals surface area contributed by atoms with Crippen LogP contribution >= 0.6 is 0 Å². The van der Waals surface area contributed by atoms with Crippen LogP contribution in [0.25, 0.3) is 0 Å². The van der Waals surface area contributed by atoms with Crippen molar-refractivity contribution < 1.29 is 13.2 Å². The normalized spacial score (nSPS) is 15.3. The van der Waals surface area contributed by atoms with Crippen molar-refractivity contribution in [2.75, 3.05) is 5.32 Å². The van der Waals surface area contributed by atoms with E-state index in [4.69, 9.17) is 0 Å². The summed E-state index contributed by atoms with van der Waals surface area (Å²) in [6.07, 6.45) is 8.38. The van der Waals surface area contributed by atoms with Crippen molar-refractivity contribution in [3.8, 4) is 0 Å². The van der Waals surface area contributed by atoms with E-state index >= 15 is 0 Å². The standard InChI is InChI=1S/C19H24N4O3S/c24-19(21-14-15-10-12-20-13-11-15)22-16-6-8-18(9-7-16)27(25,26)23-17-4-2-1-3-5-17/h6-13,17,23H,1-5,14H2,(H2,21,22,24). The molecule has 144 valence electrons. The number of sulfonamides is 1. The van der Waals surface area contributed by atoms with Gasteiger partial charge in [-0.2, -0.15) is 0 Å². The third-order valence-electron chi connectivity index (χ3n) is 4.55. The van der Waals surface area contributed by atoms with Crippen LogP contribution in [0.4, 0.5) is 10.5 Å². The molecule has 8 heteroatoms. The minimum absolute atomic E-state index is 0.0144. The van der Waals surface area contributed by atoms with Gasteiger partial charge < -0.3 is 10.6 Å². The summed E-state index contributed by atoms with van der Waals surface area (Å²) in [4.78, 5) is 16.1. The van der Waals surface area contributed by atoms with Gasteiger partial charge in [0.1, 0.15) is 0 Å². The van der Waals surface area contributed by atoms with E-state index in [0.29, 0.717) is 12.2 Å². The number of nitrogens with zero attached hydrogens (tertiary/aromatic N) is 1. The zero-order valence-corrected chi connectivity index (χ0v) is 15.8. The highest BCUT2D eigenvalue weighted by atomic mass is 32.2. The van der Waals surface area contributed by atoms with Gasteiger partial charge in [-0.05, 0) is 54.8 Å². The second-order valence-corrected chi connectivity index (χ2v) is 8.36. The Hall–Kier alpha value is -2.45. The number of carbonyl (C=O) groups is 1. The van der Waals surface area contributed by atoms with E-state index in [2.05, 4.69) is 20.3 Å². The number of pyridine rings is 1. The smallest absolute Gasteiger partial charge is 0.319 e. The first-order valence-corrected chi connectivity index (χ1v) is 10.6. The van der Waals surface area contributed by atoms with Gasteiger partial charge in [0.2, 0.25) is 10.0 Å². The van der Waals surface area contributed by atoms with E-state index in [1.807, 2.05) is 12.1 Å². The Bertz CT molecular complexity index is 848. The van der Waals surface area contributed by atoms with Gasteiger partial charge in [-0.25, -0.2) is 17.9 Å². The minimum Gasteiger partial charge on any atom is -0.334 e. The van der Waals surface area contributed by atoms with E-state index in [1.54, 1.807) is 24.5 Å². The summed E-state index contributed by atoms with van der Waals surface area (Å²) in [5, 5.41) is 5.43. The van der Waals surface area contributed by atoms with E-state index < -0.39 is 10.0 Å². The number of aromatic nitrogens is 1. The molecular formula is C19H24N4O3S. The molecule has 0 bridgehead atoms. The van der Waals surface area contributed by atoms with Crippen LogP contribution in [0.15, 0.2) is 53.7 Å². The molecule has 1 aromatic carbocycles. The number of benzene rings is 1. The summed E-state index contributed by atoms with van der Waals surface area (Å²) in [5.41, 5.74) is 1.47. The van der Waals surface area contributed by atoms with Gasteiger partial charge in [0.25, 0.3) is 0 Å². The summed E-state index contributed by atoms with van der Waals surface area (Å²) < 4.78 is 27.7. The molecule has 1 aliphatic rings. The van der Waals surface area contributed by atoms with Crippen molar-refractivity contribution in [2.24, 2.45) is 0 Å². The topological polar surface area (TPSA) is 100 Å². The van der Waals surface area contributed by atoms with Crippen molar-refractivity contribution in [3.63, 3.8) is 0 Å². The first kappa shape index (κ1) is 19.3. The van der Waals surface area contributed by atoms with Crippen LogP contribution in [0, 0.1) is 0 Å². The predicted molar refractivity (Wildman–Crippen MR) is 104 cm³/mol. The van der Waals surface area contributed by atoms with Crippen LogP contribution in [0.1, 0.15) is 37.7 Å². The lowest BCUT2D eigenvalue weighted by Crippen LogP contribution is -2.36. The quantitative estimate of drug-likeness (QED) is 0.708. The van der Waals surface area contributed by atoms with Crippen LogP contribution in [0.3, 0.4) is 0 Å². The molecule has 3 N–H and O–H groups in total. The lowest BCUT2D eigenvalue weighted by Gasteiger charge is -2.22. The SMILES string of the molecule is O=C(NCc1ccncc1)Nc1ccc(S(=O)(=O)NC2CCCCC2)cc1. The number of urea groups is 1. The maximum Gasteiger partial charge on any atom is 0.319 e. The number of hydrogen-bond acceptors (Lipinski definition) is 4. The van der Waals surface area contributed by atoms with Gasteiger partial charge in [0.05, 0.1) is 4.90 Å². The molecule has 1 fully saturated rings. The average Bonchev–Trinajstić information content (AvgIpc) is 2.68. The molecule has 3 rings (SSSR count). The Balaban J connectivity index is 1.53. The van der Waals surface area contributed by atoms with Gasteiger partial charge in [0.15, 0.2) is 0 Å². The fourth-order valence-corrected chi connectivity index (χ4v) is 4.39. The fraction of sp³-hybridized carbons (Fsp3) is 0.368. The highest BCUT2D eigenvalue weighted by molar-refractivity contribution is 7.89. The van der Waals surface area contributed by atoms with Gasteiger partial charge in [-0.15, -0.1) is 0 Å². The molecule has 0 unspecified atom stereocenters. The molecular weight excluding hydrogens is 364 g/mol. The molecule has 1 heterocycles. The van der Waals surface area contributed by atoms with Crippen molar-refractivity contribution in [2.45, 2.75) is 49.6 Å². The number of nitrogens with one attached hydrogen (secondary N) is 3. The predicted octanol–water partition coefficient (Wildman–Crippen LogP) is 3.01. The third kappa shape index (κ3) is 5.77. The largest absolute Gasteiger partial charge is 0.334 e. The Kier molecular flexibility index (Phi) is 6.41. The summed E-state index contributed by atoms with van der Waals surface area (Å²) in [7, 11) is -3.54. The molecule has 0 saturated heterocycles. The average molecular weight is 388 g/mol. The van der Waals surface area contributed by atoms with E-state index in [0.717, 1.165) is 31.2 Å². The number of carbonyl (C=O) groups excluding carboxylic acids is 1. The van der Waals surface area contributed by atoms with Crippen LogP contribution in [0.2, 0.25) is 0 Å². The molecule has 7 nitrogen and oxygen atoms in total. The van der Waals surface area contributed by atoms with Crippen molar-refractivity contribution in [3.05, 3.63) is 54.4 Å². The molecule has 1 saturated carbocycles. The monoisotopic (exact) mass is 388 g/mol. The Morgan fingerprint density at radius 1 is 1.00 bits per heavy atom. The number of rotatable bonds is 6. The van der Waals surface area contributed by atoms with E-state index in [9.17, 15) is 13.2 Å². The molecule has 2 amide bonds. The lowest BCUT2D eigenvalue weighted by atomic mass is 9.96. The second-order valence-electron chi connectivity index (χ2n) is 6.64. The zero-order chi connectivity index (χ0) is 19.1.